The minimum Gasteiger partial charge on any atom is -0.362 e. The van der Waals surface area contributed by atoms with E-state index in [0.29, 0.717) is 41.1 Å². The third kappa shape index (κ3) is 3.96. The summed E-state index contributed by atoms with van der Waals surface area (Å²) in [5.41, 5.74) is 3.50. The standard InChI is InChI=1S/C23H22N4O4/c1-13-6-3-11-19(24-13)26-23(29)20-14(2)25-17-9-5-10-18(28)22(17)21(20)15-7-4-8-16(12-15)27(30)31/h3-4,6-8,11-12,21,25H,5,9-10H2,1-2H3,(H,24,26,29)/t21-/m0/s1. The summed E-state index contributed by atoms with van der Waals surface area (Å²) in [5, 5.41) is 17.4. The average Bonchev–Trinajstić information content (AvgIpc) is 2.73. The largest absolute Gasteiger partial charge is 0.362 e. The first-order chi connectivity index (χ1) is 14.8. The van der Waals surface area contributed by atoms with Crippen molar-refractivity contribution < 1.29 is 14.5 Å². The lowest BCUT2D eigenvalue weighted by atomic mass is 9.75. The fraction of sp³-hybridized carbons (Fsp3) is 0.261. The average molecular weight is 418 g/mol. The molecule has 0 bridgehead atoms. The molecule has 31 heavy (non-hydrogen) atoms. The lowest BCUT2D eigenvalue weighted by molar-refractivity contribution is -0.384. The van der Waals surface area contributed by atoms with Crippen molar-refractivity contribution in [2.45, 2.75) is 39.0 Å². The first kappa shape index (κ1) is 20.5. The van der Waals surface area contributed by atoms with Crippen LogP contribution in [0.1, 0.15) is 43.4 Å². The maximum Gasteiger partial charge on any atom is 0.269 e. The Morgan fingerprint density at radius 3 is 2.71 bits per heavy atom. The van der Waals surface area contributed by atoms with Gasteiger partial charge in [-0.15, -0.1) is 0 Å². The van der Waals surface area contributed by atoms with E-state index in [-0.39, 0.29) is 11.5 Å². The van der Waals surface area contributed by atoms with Crippen LogP contribution in [-0.4, -0.2) is 21.6 Å². The molecule has 2 N–H and O–H groups in total. The number of nitro benzene ring substituents is 1. The lowest BCUT2D eigenvalue weighted by Gasteiger charge is -2.34. The molecule has 8 nitrogen and oxygen atoms in total. The highest BCUT2D eigenvalue weighted by atomic mass is 16.6. The third-order valence-corrected chi connectivity index (χ3v) is 5.56. The molecule has 0 saturated carbocycles. The summed E-state index contributed by atoms with van der Waals surface area (Å²) in [4.78, 5) is 41.5. The summed E-state index contributed by atoms with van der Waals surface area (Å²) in [6.07, 6.45) is 1.81. The van der Waals surface area contributed by atoms with Gasteiger partial charge in [-0.1, -0.05) is 18.2 Å². The van der Waals surface area contributed by atoms with Crippen molar-refractivity contribution >= 4 is 23.2 Å². The molecule has 0 spiro atoms. The normalized spacial score (nSPS) is 18.4. The molecule has 8 heteroatoms. The second kappa shape index (κ2) is 8.14. The number of nitrogens with zero attached hydrogens (tertiary/aromatic N) is 2. The van der Waals surface area contributed by atoms with Crippen LogP contribution in [0.2, 0.25) is 0 Å². The molecule has 1 amide bonds. The molecule has 2 aromatic rings. The van der Waals surface area contributed by atoms with Gasteiger partial charge in [0, 0.05) is 52.7 Å². The van der Waals surface area contributed by atoms with Gasteiger partial charge in [-0.05, 0) is 44.4 Å². The number of aromatic nitrogens is 1. The molecular formula is C23H22N4O4. The number of non-ortho nitro benzene ring substituents is 1. The number of nitro groups is 1. The van der Waals surface area contributed by atoms with Crippen molar-refractivity contribution in [3.63, 3.8) is 0 Å². The fourth-order valence-corrected chi connectivity index (χ4v) is 4.23. The second-order valence-corrected chi connectivity index (χ2v) is 7.74. The summed E-state index contributed by atoms with van der Waals surface area (Å²) in [6.45, 7) is 3.61. The number of hydrogen-bond donors (Lipinski definition) is 2. The first-order valence-corrected chi connectivity index (χ1v) is 10.1. The van der Waals surface area contributed by atoms with Gasteiger partial charge in [-0.2, -0.15) is 0 Å². The summed E-state index contributed by atoms with van der Waals surface area (Å²) in [6, 6.07) is 11.4. The Morgan fingerprint density at radius 2 is 1.97 bits per heavy atom. The number of carbonyl (C=O) groups is 2. The van der Waals surface area contributed by atoms with Gasteiger partial charge in [-0.25, -0.2) is 4.98 Å². The van der Waals surface area contributed by atoms with Gasteiger partial charge in [0.1, 0.15) is 5.82 Å². The van der Waals surface area contributed by atoms with E-state index in [1.165, 1.54) is 12.1 Å². The van der Waals surface area contributed by atoms with Crippen LogP contribution in [0.5, 0.6) is 0 Å². The molecule has 1 atom stereocenters. The number of dihydropyridines is 1. The number of hydrogen-bond acceptors (Lipinski definition) is 6. The van der Waals surface area contributed by atoms with Crippen molar-refractivity contribution in [3.05, 3.63) is 86.4 Å². The quantitative estimate of drug-likeness (QED) is 0.575. The molecule has 4 rings (SSSR count). The van der Waals surface area contributed by atoms with E-state index in [9.17, 15) is 19.7 Å². The Kier molecular flexibility index (Phi) is 5.37. The zero-order valence-corrected chi connectivity index (χ0v) is 17.3. The summed E-state index contributed by atoms with van der Waals surface area (Å²) >= 11 is 0. The predicted octanol–water partition coefficient (Wildman–Crippen LogP) is 3.90. The number of Topliss-reactive ketones (excluding diaryl/α,β-unsaturated/α-hetero) is 1. The molecule has 2 heterocycles. The van der Waals surface area contributed by atoms with Crippen LogP contribution < -0.4 is 10.6 Å². The highest BCUT2D eigenvalue weighted by molar-refractivity contribution is 6.09. The van der Waals surface area contributed by atoms with Gasteiger partial charge in [0.2, 0.25) is 0 Å². The number of carbonyl (C=O) groups excluding carboxylic acids is 2. The predicted molar refractivity (Wildman–Crippen MR) is 115 cm³/mol. The van der Waals surface area contributed by atoms with Gasteiger partial charge in [-0.3, -0.25) is 19.7 Å². The van der Waals surface area contributed by atoms with Crippen molar-refractivity contribution in [2.24, 2.45) is 0 Å². The van der Waals surface area contributed by atoms with Crippen LogP contribution in [-0.2, 0) is 9.59 Å². The molecule has 0 fully saturated rings. The molecule has 1 aromatic carbocycles. The molecule has 1 aliphatic carbocycles. The number of allylic oxidation sites excluding steroid dienone is 3. The van der Waals surface area contributed by atoms with Crippen LogP contribution in [0.3, 0.4) is 0 Å². The Bertz CT molecular complexity index is 1170. The van der Waals surface area contributed by atoms with E-state index in [4.69, 9.17) is 0 Å². The van der Waals surface area contributed by atoms with Crippen molar-refractivity contribution in [3.8, 4) is 0 Å². The van der Waals surface area contributed by atoms with Crippen LogP contribution >= 0.6 is 0 Å². The van der Waals surface area contributed by atoms with Crippen LogP contribution in [0, 0.1) is 17.0 Å². The zero-order chi connectivity index (χ0) is 22.1. The van der Waals surface area contributed by atoms with Gasteiger partial charge < -0.3 is 10.6 Å². The van der Waals surface area contributed by atoms with Crippen LogP contribution in [0.25, 0.3) is 0 Å². The highest BCUT2D eigenvalue weighted by Gasteiger charge is 2.38. The number of ketones is 1. The Balaban J connectivity index is 1.82. The van der Waals surface area contributed by atoms with Gasteiger partial charge >= 0.3 is 0 Å². The molecule has 0 radical (unpaired) electrons. The van der Waals surface area contributed by atoms with E-state index < -0.39 is 16.7 Å². The maximum atomic E-state index is 13.4. The molecule has 158 valence electrons. The van der Waals surface area contributed by atoms with Gasteiger partial charge in [0.15, 0.2) is 5.78 Å². The Labute approximate surface area is 179 Å². The lowest BCUT2D eigenvalue weighted by Crippen LogP contribution is -2.35. The molecule has 0 saturated heterocycles. The Hall–Kier alpha value is -3.81. The van der Waals surface area contributed by atoms with Crippen molar-refractivity contribution in [2.75, 3.05) is 5.32 Å². The number of aryl methyl sites for hydroxylation is 1. The SMILES string of the molecule is CC1=C(C(=O)Nc2cccc(C)n2)[C@H](c2cccc([N+](=O)[O-])c2)C2=C(CCCC2=O)N1. The number of nitrogens with one attached hydrogen (secondary N) is 2. The molecule has 2 aliphatic rings. The fourth-order valence-electron chi connectivity index (χ4n) is 4.23. The van der Waals surface area contributed by atoms with Crippen LogP contribution in [0.15, 0.2) is 65.0 Å². The minimum atomic E-state index is -0.686. The smallest absolute Gasteiger partial charge is 0.269 e. The molecule has 0 unspecified atom stereocenters. The third-order valence-electron chi connectivity index (χ3n) is 5.56. The number of benzene rings is 1. The molecular weight excluding hydrogens is 396 g/mol. The molecule has 1 aromatic heterocycles. The number of rotatable bonds is 4. The number of pyridine rings is 1. The van der Waals surface area contributed by atoms with E-state index >= 15 is 0 Å². The minimum absolute atomic E-state index is 0.0447. The van der Waals surface area contributed by atoms with E-state index in [1.54, 1.807) is 31.2 Å². The monoisotopic (exact) mass is 418 g/mol. The van der Waals surface area contributed by atoms with E-state index in [2.05, 4.69) is 15.6 Å². The molecule has 1 aliphatic heterocycles. The summed E-state index contributed by atoms with van der Waals surface area (Å²) in [7, 11) is 0. The Morgan fingerprint density at radius 1 is 1.19 bits per heavy atom. The number of amides is 1. The van der Waals surface area contributed by atoms with E-state index in [1.807, 2.05) is 13.0 Å². The van der Waals surface area contributed by atoms with Gasteiger partial charge in [0.25, 0.3) is 11.6 Å². The zero-order valence-electron chi connectivity index (χ0n) is 17.3. The maximum absolute atomic E-state index is 13.4. The second-order valence-electron chi connectivity index (χ2n) is 7.74. The first-order valence-electron chi connectivity index (χ1n) is 10.1. The van der Waals surface area contributed by atoms with E-state index in [0.717, 1.165) is 17.8 Å². The van der Waals surface area contributed by atoms with Crippen LogP contribution in [0.4, 0.5) is 11.5 Å². The number of anilines is 1. The highest BCUT2D eigenvalue weighted by Crippen LogP contribution is 2.43. The summed E-state index contributed by atoms with van der Waals surface area (Å²) in [5.74, 6) is -0.729. The van der Waals surface area contributed by atoms with Crippen molar-refractivity contribution in [1.29, 1.82) is 0 Å². The van der Waals surface area contributed by atoms with Crippen molar-refractivity contribution in [1.82, 2.24) is 10.3 Å². The summed E-state index contributed by atoms with van der Waals surface area (Å²) < 4.78 is 0. The van der Waals surface area contributed by atoms with Gasteiger partial charge in [0.05, 0.1) is 4.92 Å². The topological polar surface area (TPSA) is 114 Å².